The summed E-state index contributed by atoms with van der Waals surface area (Å²) in [7, 11) is 3.01. The van der Waals surface area contributed by atoms with Crippen molar-refractivity contribution in [3.63, 3.8) is 0 Å². The number of esters is 2. The van der Waals surface area contributed by atoms with Gasteiger partial charge in [-0.2, -0.15) is 0 Å². The van der Waals surface area contributed by atoms with Crippen molar-refractivity contribution in [2.24, 2.45) is 5.92 Å². The van der Waals surface area contributed by atoms with Crippen LogP contribution in [0.4, 0.5) is 4.79 Å². The highest BCUT2D eigenvalue weighted by molar-refractivity contribution is 5.82. The van der Waals surface area contributed by atoms with Crippen LogP contribution in [0.5, 0.6) is 0 Å². The van der Waals surface area contributed by atoms with Gasteiger partial charge in [0.15, 0.2) is 0 Å². The number of carbonyl (C=O) groups excluding carboxylic acids is 3. The van der Waals surface area contributed by atoms with E-state index < -0.39 is 12.1 Å². The molecular formula is C31H46N2O9. The van der Waals surface area contributed by atoms with Gasteiger partial charge < -0.3 is 33.4 Å². The summed E-state index contributed by atoms with van der Waals surface area (Å²) in [5.74, 6) is 0.0697. The van der Waals surface area contributed by atoms with Crippen LogP contribution in [0.25, 0.3) is 6.08 Å². The van der Waals surface area contributed by atoms with Crippen LogP contribution >= 0.6 is 0 Å². The second-order valence-electron chi connectivity index (χ2n) is 11.1. The molecule has 1 N–H and O–H groups in total. The van der Waals surface area contributed by atoms with Gasteiger partial charge in [-0.15, -0.1) is 0 Å². The van der Waals surface area contributed by atoms with Crippen LogP contribution in [0.3, 0.4) is 0 Å². The van der Waals surface area contributed by atoms with Crippen LogP contribution in [-0.2, 0) is 39.7 Å². The molecule has 3 rings (SSSR count). The summed E-state index contributed by atoms with van der Waals surface area (Å²) in [4.78, 5) is 40.8. The van der Waals surface area contributed by atoms with Gasteiger partial charge in [0.1, 0.15) is 18.5 Å². The third-order valence-electron chi connectivity index (χ3n) is 7.41. The van der Waals surface area contributed by atoms with Crippen molar-refractivity contribution in [3.8, 4) is 0 Å². The zero-order valence-electron chi connectivity index (χ0n) is 25.3. The number of hydrogen-bond donors (Lipinski definition) is 1. The number of alkyl carbamates (subject to hydrolysis) is 1. The van der Waals surface area contributed by atoms with E-state index in [9.17, 15) is 14.4 Å². The van der Waals surface area contributed by atoms with Gasteiger partial charge in [-0.05, 0) is 44.1 Å². The summed E-state index contributed by atoms with van der Waals surface area (Å²) in [6.45, 7) is 4.56. The maximum Gasteiger partial charge on any atom is 0.407 e. The third kappa shape index (κ3) is 12.0. The fourth-order valence-corrected chi connectivity index (χ4v) is 5.49. The fraction of sp³-hybridized carbons (Fsp3) is 0.677. The molecule has 0 radical (unpaired) electrons. The molecule has 0 aromatic carbocycles. The molecule has 2 fully saturated rings. The van der Waals surface area contributed by atoms with E-state index in [-0.39, 0.29) is 42.9 Å². The van der Waals surface area contributed by atoms with Crippen molar-refractivity contribution < 1.29 is 42.5 Å². The molecule has 2 saturated heterocycles. The van der Waals surface area contributed by atoms with E-state index in [1.807, 2.05) is 0 Å². The minimum absolute atomic E-state index is 0.0116. The lowest BCUT2D eigenvalue weighted by molar-refractivity contribution is -0.168. The number of methoxy groups -OCH3 is 2. The van der Waals surface area contributed by atoms with Gasteiger partial charge in [-0.1, -0.05) is 32.4 Å². The number of ether oxygens (including phenoxy) is 5. The first-order valence-corrected chi connectivity index (χ1v) is 15.0. The molecule has 0 aliphatic carbocycles. The van der Waals surface area contributed by atoms with Gasteiger partial charge in [0.05, 0.1) is 37.5 Å². The molecule has 0 saturated carbocycles. The van der Waals surface area contributed by atoms with Crippen LogP contribution in [-0.4, -0.2) is 74.3 Å². The van der Waals surface area contributed by atoms with Gasteiger partial charge in [-0.3, -0.25) is 4.79 Å². The average molecular weight is 591 g/mol. The normalized spacial score (nSPS) is 27.2. The van der Waals surface area contributed by atoms with Crippen LogP contribution in [0, 0.1) is 5.92 Å². The molecule has 3 heterocycles. The number of amides is 1. The molecule has 6 atom stereocenters. The lowest BCUT2D eigenvalue weighted by Gasteiger charge is -2.37. The first-order chi connectivity index (χ1) is 20.3. The maximum atomic E-state index is 12.8. The molecule has 0 spiro atoms. The molecule has 234 valence electrons. The summed E-state index contributed by atoms with van der Waals surface area (Å²) in [5, 5.41) is 2.53. The number of hydrogen-bond acceptors (Lipinski definition) is 10. The molecule has 1 aromatic heterocycles. The Balaban J connectivity index is 1.49. The SMILES string of the molecule is CCC[C@H]1C[C@@H](OC)C[C@H](C)C[C@@H]2C[C@H](OC(=O)/C=C\CCc3coc(/C=C\CNC(=O)OC)n3)C[C@H](CC(=O)O1)O2. The summed E-state index contributed by atoms with van der Waals surface area (Å²) in [6.07, 6.45) is 13.1. The topological polar surface area (TPSA) is 135 Å². The number of cyclic esters (lactones) is 1. The number of aryl methyl sites for hydroxylation is 1. The van der Waals surface area contributed by atoms with Gasteiger partial charge in [-0.25, -0.2) is 14.6 Å². The van der Waals surface area contributed by atoms with Gasteiger partial charge in [0, 0.05) is 39.0 Å². The van der Waals surface area contributed by atoms with Crippen LogP contribution in [0.1, 0.15) is 83.2 Å². The fourth-order valence-electron chi connectivity index (χ4n) is 5.49. The Labute approximate surface area is 248 Å². The predicted octanol–water partition coefficient (Wildman–Crippen LogP) is 4.93. The van der Waals surface area contributed by atoms with Crippen LogP contribution < -0.4 is 5.32 Å². The Hall–Kier alpha value is -3.18. The van der Waals surface area contributed by atoms with E-state index in [0.29, 0.717) is 50.5 Å². The van der Waals surface area contributed by atoms with E-state index in [1.165, 1.54) is 13.2 Å². The van der Waals surface area contributed by atoms with Gasteiger partial charge in [0.2, 0.25) is 5.89 Å². The van der Waals surface area contributed by atoms with Crippen molar-refractivity contribution in [1.29, 1.82) is 0 Å². The summed E-state index contributed by atoms with van der Waals surface area (Å²) < 4.78 is 33.5. The number of allylic oxidation sites excluding steroid dienone is 1. The Morgan fingerprint density at radius 3 is 2.67 bits per heavy atom. The van der Waals surface area contributed by atoms with Crippen LogP contribution in [0.15, 0.2) is 28.9 Å². The molecule has 2 aliphatic heterocycles. The van der Waals surface area contributed by atoms with E-state index in [1.54, 1.807) is 31.6 Å². The first kappa shape index (κ1) is 33.3. The Kier molecular flexibility index (Phi) is 14.0. The third-order valence-corrected chi connectivity index (χ3v) is 7.41. The second-order valence-corrected chi connectivity index (χ2v) is 11.1. The molecule has 11 heteroatoms. The molecule has 11 nitrogen and oxygen atoms in total. The molecule has 42 heavy (non-hydrogen) atoms. The van der Waals surface area contributed by atoms with E-state index >= 15 is 0 Å². The zero-order chi connectivity index (χ0) is 30.3. The van der Waals surface area contributed by atoms with Gasteiger partial charge >= 0.3 is 18.0 Å². The van der Waals surface area contributed by atoms with E-state index in [4.69, 9.17) is 23.4 Å². The summed E-state index contributed by atoms with van der Waals surface area (Å²) in [5.41, 5.74) is 0.745. The highest BCUT2D eigenvalue weighted by Crippen LogP contribution is 2.31. The molecule has 1 aromatic rings. The number of nitrogens with zero attached hydrogens (tertiary/aromatic N) is 1. The number of aromatic nitrogens is 1. The van der Waals surface area contributed by atoms with Gasteiger partial charge in [0.25, 0.3) is 0 Å². The van der Waals surface area contributed by atoms with Crippen molar-refractivity contribution in [2.75, 3.05) is 20.8 Å². The smallest absolute Gasteiger partial charge is 0.407 e. The summed E-state index contributed by atoms with van der Waals surface area (Å²) >= 11 is 0. The zero-order valence-corrected chi connectivity index (χ0v) is 25.3. The lowest BCUT2D eigenvalue weighted by Crippen LogP contribution is -2.41. The summed E-state index contributed by atoms with van der Waals surface area (Å²) in [6, 6.07) is 0. The van der Waals surface area contributed by atoms with E-state index in [2.05, 4.69) is 28.9 Å². The van der Waals surface area contributed by atoms with Crippen LogP contribution in [0.2, 0.25) is 0 Å². The maximum absolute atomic E-state index is 12.8. The minimum Gasteiger partial charge on any atom is -0.462 e. The molecule has 1 amide bonds. The highest BCUT2D eigenvalue weighted by Gasteiger charge is 2.35. The van der Waals surface area contributed by atoms with Crippen molar-refractivity contribution in [1.82, 2.24) is 10.3 Å². The molecule has 0 unspecified atom stereocenters. The monoisotopic (exact) mass is 590 g/mol. The number of fused-ring (bicyclic) bond motifs is 2. The predicted molar refractivity (Wildman–Crippen MR) is 154 cm³/mol. The second kappa shape index (κ2) is 17.7. The molecule has 2 bridgehead atoms. The Morgan fingerprint density at radius 1 is 1.10 bits per heavy atom. The minimum atomic E-state index is -0.513. The quantitative estimate of drug-likeness (QED) is 0.215. The van der Waals surface area contributed by atoms with Crippen molar-refractivity contribution in [2.45, 2.75) is 109 Å². The Bertz CT molecular complexity index is 1050. The standard InChI is InChI=1S/C31H46N2O9/c1-5-9-23-16-24(37-3)14-21(2)15-25-17-26(18-27(40-25)19-30(35)41-23)42-29(34)12-7-6-10-22-20-39-28(33-22)11-8-13-32-31(36)38-4/h7-8,11-12,20-21,23-27H,5-6,9-10,13-19H2,1-4H3,(H,32,36)/b11-8-,12-7-/t21-,23-,24-,25+,26-,27+/m0/s1. The number of rotatable bonds is 11. The number of nitrogens with one attached hydrogen (secondary N) is 1. The highest BCUT2D eigenvalue weighted by atomic mass is 16.6. The molecular weight excluding hydrogens is 544 g/mol. The average Bonchev–Trinajstić information content (AvgIpc) is 3.39. The number of oxazole rings is 1. The van der Waals surface area contributed by atoms with E-state index in [0.717, 1.165) is 31.4 Å². The van der Waals surface area contributed by atoms with Crippen molar-refractivity contribution in [3.05, 3.63) is 36.1 Å². The number of carbonyl (C=O) groups is 3. The first-order valence-electron chi connectivity index (χ1n) is 15.0. The Morgan fingerprint density at radius 2 is 1.90 bits per heavy atom. The molecule has 2 aliphatic rings. The lowest BCUT2D eigenvalue weighted by atomic mass is 9.89. The van der Waals surface area contributed by atoms with Crippen molar-refractivity contribution >= 4 is 24.1 Å². The largest absolute Gasteiger partial charge is 0.462 e.